The fraction of sp³-hybridized carbons (Fsp3) is 0.263. The average Bonchev–Trinajstić information content (AvgIpc) is 2.74. The van der Waals surface area contributed by atoms with Crippen molar-refractivity contribution in [2.45, 2.75) is 9.96 Å². The fourth-order valence-electron chi connectivity index (χ4n) is 2.52. The Morgan fingerprint density at radius 1 is 0.969 bits per heavy atom. The molecule has 2 aromatic rings. The summed E-state index contributed by atoms with van der Waals surface area (Å²) in [6, 6.07) is 7.82. The van der Waals surface area contributed by atoms with Crippen molar-refractivity contribution in [1.82, 2.24) is 10.6 Å². The van der Waals surface area contributed by atoms with E-state index in [1.54, 1.807) is 18.2 Å². The maximum absolute atomic E-state index is 12.9. The van der Waals surface area contributed by atoms with Crippen LogP contribution in [0.2, 0.25) is 10.0 Å². The molecule has 0 aliphatic rings. The van der Waals surface area contributed by atoms with Gasteiger partial charge in [0.2, 0.25) is 9.54 Å². The van der Waals surface area contributed by atoms with Crippen LogP contribution in [0, 0.1) is 0 Å². The molecule has 0 saturated carbocycles. The van der Waals surface area contributed by atoms with Crippen molar-refractivity contribution in [3.63, 3.8) is 0 Å². The molecule has 0 spiro atoms. The first-order valence-electron chi connectivity index (χ1n) is 8.71. The lowest BCUT2D eigenvalue weighted by atomic mass is 10.1. The quantitative estimate of drug-likeness (QED) is 0.236. The second kappa shape index (κ2) is 11.5. The van der Waals surface area contributed by atoms with E-state index < -0.39 is 15.9 Å². The van der Waals surface area contributed by atoms with Crippen LogP contribution >= 0.6 is 70.2 Å². The van der Waals surface area contributed by atoms with Gasteiger partial charge in [-0.25, -0.2) is 0 Å². The van der Waals surface area contributed by atoms with Crippen LogP contribution in [0.15, 0.2) is 30.3 Å². The largest absolute Gasteiger partial charge is 0.493 e. The number of carbonyl (C=O) groups is 1. The van der Waals surface area contributed by atoms with Gasteiger partial charge >= 0.3 is 0 Å². The minimum atomic E-state index is -1.98. The van der Waals surface area contributed by atoms with Gasteiger partial charge in [0.05, 0.1) is 37.1 Å². The molecule has 0 unspecified atom stereocenters. The Kier molecular flexibility index (Phi) is 9.63. The van der Waals surface area contributed by atoms with Gasteiger partial charge in [0.15, 0.2) is 16.6 Å². The van der Waals surface area contributed by atoms with E-state index in [-0.39, 0.29) is 22.2 Å². The molecule has 174 valence electrons. The zero-order valence-electron chi connectivity index (χ0n) is 16.9. The number of alkyl halides is 3. The highest BCUT2D eigenvalue weighted by Gasteiger charge is 2.35. The van der Waals surface area contributed by atoms with E-state index in [1.165, 1.54) is 33.5 Å². The molecule has 13 heteroatoms. The van der Waals surface area contributed by atoms with Crippen LogP contribution in [-0.2, 0) is 0 Å². The minimum Gasteiger partial charge on any atom is -0.493 e. The first-order valence-corrected chi connectivity index (χ1v) is 11.0. The number of halogens is 5. The Hall–Kier alpha value is -1.55. The van der Waals surface area contributed by atoms with E-state index >= 15 is 0 Å². The molecule has 3 N–H and O–H groups in total. The summed E-state index contributed by atoms with van der Waals surface area (Å²) in [6.07, 6.45) is -1.24. The number of methoxy groups -OCH3 is 3. The summed E-state index contributed by atoms with van der Waals surface area (Å²) in [5.41, 5.74) is 0.515. The number of rotatable bonds is 7. The molecule has 1 amide bonds. The number of carbonyl (C=O) groups excluding carboxylic acids is 1. The standard InChI is InChI=1S/C19H18Cl5N3O4S/c1-29-12-7-9(8-13(30-2)15(12)31-3)16(28)26-17(19(22,23)24)27-18(32)25-14-10(20)5-4-6-11(14)21/h4-8,17H,1-3H3,(H,26,28)(H2,25,27,32)/t17-/m1/s1. The van der Waals surface area contributed by atoms with Crippen molar-refractivity contribution in [3.8, 4) is 17.2 Å². The van der Waals surface area contributed by atoms with Crippen LogP contribution < -0.4 is 30.2 Å². The number of nitrogens with one attached hydrogen (secondary N) is 3. The summed E-state index contributed by atoms with van der Waals surface area (Å²) in [5.74, 6) is 0.276. The summed E-state index contributed by atoms with van der Waals surface area (Å²) in [5, 5.41) is 8.77. The Bertz CT molecular complexity index is 958. The van der Waals surface area contributed by atoms with Crippen LogP contribution in [0.4, 0.5) is 5.69 Å². The van der Waals surface area contributed by atoms with Crippen molar-refractivity contribution in [2.75, 3.05) is 26.6 Å². The highest BCUT2D eigenvalue weighted by atomic mass is 35.6. The highest BCUT2D eigenvalue weighted by molar-refractivity contribution is 7.80. The summed E-state index contributed by atoms with van der Waals surface area (Å²) in [6.45, 7) is 0. The lowest BCUT2D eigenvalue weighted by Crippen LogP contribution is -2.56. The van der Waals surface area contributed by atoms with Gasteiger partial charge in [0, 0.05) is 5.56 Å². The van der Waals surface area contributed by atoms with Gasteiger partial charge in [0.1, 0.15) is 6.17 Å². The predicted octanol–water partition coefficient (Wildman–Crippen LogP) is 5.43. The Labute approximate surface area is 215 Å². The molecule has 0 aromatic heterocycles. The second-order valence-electron chi connectivity index (χ2n) is 6.06. The molecule has 7 nitrogen and oxygen atoms in total. The van der Waals surface area contributed by atoms with E-state index in [9.17, 15) is 4.79 Å². The number of hydrogen-bond donors (Lipinski definition) is 3. The van der Waals surface area contributed by atoms with E-state index in [0.29, 0.717) is 21.5 Å². The smallest absolute Gasteiger partial charge is 0.253 e. The lowest BCUT2D eigenvalue weighted by molar-refractivity contribution is 0.0933. The van der Waals surface area contributed by atoms with Gasteiger partial charge in [-0.15, -0.1) is 0 Å². The molecule has 2 aromatic carbocycles. The lowest BCUT2D eigenvalue weighted by Gasteiger charge is -2.28. The third-order valence-electron chi connectivity index (χ3n) is 4.01. The van der Waals surface area contributed by atoms with Gasteiger partial charge < -0.3 is 30.2 Å². The van der Waals surface area contributed by atoms with Crippen LogP contribution in [0.1, 0.15) is 10.4 Å². The average molecular weight is 562 g/mol. The Balaban J connectivity index is 2.24. The number of thiocarbonyl (C=S) groups is 1. The summed E-state index contributed by atoms with van der Waals surface area (Å²) in [7, 11) is 4.30. The molecule has 0 bridgehead atoms. The third-order valence-corrected chi connectivity index (χ3v) is 5.51. The SMILES string of the molecule is COc1cc(C(=O)N[C@H](NC(=S)Nc2c(Cl)cccc2Cl)C(Cl)(Cl)Cl)cc(OC)c1OC. The molecule has 1 atom stereocenters. The first kappa shape index (κ1) is 26.7. The molecular weight excluding hydrogens is 544 g/mol. The van der Waals surface area contributed by atoms with Crippen molar-refractivity contribution < 1.29 is 19.0 Å². The molecule has 0 radical (unpaired) electrons. The summed E-state index contributed by atoms with van der Waals surface area (Å²) < 4.78 is 13.8. The van der Waals surface area contributed by atoms with Crippen LogP contribution in [0.25, 0.3) is 0 Å². The van der Waals surface area contributed by atoms with E-state index in [0.717, 1.165) is 0 Å². The van der Waals surface area contributed by atoms with Crippen molar-refractivity contribution in [2.24, 2.45) is 0 Å². The maximum atomic E-state index is 12.9. The van der Waals surface area contributed by atoms with Gasteiger partial charge in [-0.1, -0.05) is 64.1 Å². The minimum absolute atomic E-state index is 0.00140. The van der Waals surface area contributed by atoms with Gasteiger partial charge in [-0.05, 0) is 36.5 Å². The maximum Gasteiger partial charge on any atom is 0.253 e. The topological polar surface area (TPSA) is 80.9 Å². The van der Waals surface area contributed by atoms with Gasteiger partial charge in [-0.3, -0.25) is 4.79 Å². The van der Waals surface area contributed by atoms with Gasteiger partial charge in [-0.2, -0.15) is 0 Å². The first-order chi connectivity index (χ1) is 15.0. The zero-order chi connectivity index (χ0) is 24.1. The Morgan fingerprint density at radius 3 is 1.94 bits per heavy atom. The van der Waals surface area contributed by atoms with Gasteiger partial charge in [0.25, 0.3) is 5.91 Å². The molecule has 32 heavy (non-hydrogen) atoms. The van der Waals surface area contributed by atoms with Crippen molar-refractivity contribution >= 4 is 86.9 Å². The molecular formula is C19H18Cl5N3O4S. The number of benzene rings is 2. The van der Waals surface area contributed by atoms with Crippen LogP contribution in [0.3, 0.4) is 0 Å². The van der Waals surface area contributed by atoms with E-state index in [4.69, 9.17) is 84.4 Å². The van der Waals surface area contributed by atoms with E-state index in [2.05, 4.69) is 16.0 Å². The number of ether oxygens (including phenoxy) is 3. The fourth-order valence-corrected chi connectivity index (χ4v) is 3.56. The van der Waals surface area contributed by atoms with Crippen LogP contribution in [0.5, 0.6) is 17.2 Å². The predicted molar refractivity (Wildman–Crippen MR) is 133 cm³/mol. The molecule has 0 fully saturated rings. The van der Waals surface area contributed by atoms with Crippen molar-refractivity contribution in [1.29, 1.82) is 0 Å². The second-order valence-corrected chi connectivity index (χ2v) is 9.65. The summed E-state index contributed by atoms with van der Waals surface area (Å²) in [4.78, 5) is 12.9. The van der Waals surface area contributed by atoms with E-state index in [1.807, 2.05) is 0 Å². The highest BCUT2D eigenvalue weighted by Crippen LogP contribution is 2.38. The normalized spacial score (nSPS) is 11.9. The molecule has 0 aliphatic heterocycles. The molecule has 0 heterocycles. The number of anilines is 1. The molecule has 0 saturated heterocycles. The number of hydrogen-bond acceptors (Lipinski definition) is 5. The third kappa shape index (κ3) is 6.73. The summed E-state index contributed by atoms with van der Waals surface area (Å²) >= 11 is 35.7. The number of amides is 1. The van der Waals surface area contributed by atoms with Crippen molar-refractivity contribution in [3.05, 3.63) is 45.9 Å². The molecule has 2 rings (SSSR count). The monoisotopic (exact) mass is 559 g/mol. The molecule has 0 aliphatic carbocycles. The van der Waals surface area contributed by atoms with Crippen LogP contribution in [-0.4, -0.2) is 42.3 Å². The Morgan fingerprint density at radius 2 is 1.50 bits per heavy atom. The number of para-hydroxylation sites is 1. The zero-order valence-corrected chi connectivity index (χ0v) is 21.5.